The third kappa shape index (κ3) is 2.57. The van der Waals surface area contributed by atoms with Gasteiger partial charge in [-0.3, -0.25) is 0 Å². The molecular weight excluding hydrogens is 274 g/mol. The zero-order valence-electron chi connectivity index (χ0n) is 11.2. The number of aromatic amines is 1. The van der Waals surface area contributed by atoms with Gasteiger partial charge in [0.25, 0.3) is 0 Å². The molecule has 0 spiro atoms. The van der Waals surface area contributed by atoms with Crippen LogP contribution >= 0.6 is 11.6 Å². The highest BCUT2D eigenvalue weighted by molar-refractivity contribution is 6.36. The normalized spacial score (nSPS) is 11.3. The predicted octanol–water partition coefficient (Wildman–Crippen LogP) is 3.66. The minimum absolute atomic E-state index is 0.589. The van der Waals surface area contributed by atoms with Gasteiger partial charge in [-0.15, -0.1) is 0 Å². The molecule has 0 saturated heterocycles. The van der Waals surface area contributed by atoms with Gasteiger partial charge in [0.1, 0.15) is 5.76 Å². The molecule has 0 aliphatic rings. The molecule has 20 heavy (non-hydrogen) atoms. The molecule has 0 fully saturated rings. The molecule has 0 unspecified atom stereocenters. The number of hydrogen-bond donors (Lipinski definition) is 2. The van der Waals surface area contributed by atoms with Gasteiger partial charge in [0.2, 0.25) is 5.89 Å². The van der Waals surface area contributed by atoms with Crippen molar-refractivity contribution in [1.29, 1.82) is 0 Å². The Kier molecular flexibility index (Phi) is 3.76. The number of nitrogens with zero attached hydrogens (tertiary/aromatic N) is 1. The molecule has 0 saturated carbocycles. The molecule has 4 nitrogen and oxygen atoms in total. The van der Waals surface area contributed by atoms with Gasteiger partial charge in [-0.05, 0) is 6.07 Å². The number of aryl methyl sites for hydroxylation is 1. The largest absolute Gasteiger partial charge is 0.444 e. The Balaban J connectivity index is 1.66. The second kappa shape index (κ2) is 5.69. The van der Waals surface area contributed by atoms with E-state index in [0.29, 0.717) is 19.0 Å². The molecule has 0 aliphatic heterocycles. The number of nitrogens with one attached hydrogen (secondary N) is 2. The van der Waals surface area contributed by atoms with Crippen LogP contribution in [0, 0.1) is 0 Å². The number of H-pyrrole nitrogens is 1. The van der Waals surface area contributed by atoms with Crippen LogP contribution in [0.25, 0.3) is 10.9 Å². The predicted molar refractivity (Wildman–Crippen MR) is 79.7 cm³/mol. The molecule has 3 aromatic rings. The standard InChI is InChI=1S/C15H16ClN3O/c1-2-10-7-18-14(20-10)9-17-8-13-15(16)11-5-3-4-6-12(11)19-13/h3-7,17,19H,2,8-9H2,1H3. The van der Waals surface area contributed by atoms with E-state index in [0.717, 1.165) is 33.8 Å². The summed E-state index contributed by atoms with van der Waals surface area (Å²) in [6.45, 7) is 3.28. The summed E-state index contributed by atoms with van der Waals surface area (Å²) in [6, 6.07) is 8.01. The van der Waals surface area contributed by atoms with Crippen molar-refractivity contribution >= 4 is 22.5 Å². The maximum atomic E-state index is 6.36. The van der Waals surface area contributed by atoms with Crippen LogP contribution in [-0.2, 0) is 19.5 Å². The minimum atomic E-state index is 0.589. The van der Waals surface area contributed by atoms with E-state index in [9.17, 15) is 0 Å². The van der Waals surface area contributed by atoms with E-state index in [2.05, 4.69) is 15.3 Å². The van der Waals surface area contributed by atoms with E-state index >= 15 is 0 Å². The van der Waals surface area contributed by atoms with E-state index in [1.165, 1.54) is 0 Å². The fraction of sp³-hybridized carbons (Fsp3) is 0.267. The Labute approximate surface area is 122 Å². The van der Waals surface area contributed by atoms with Crippen molar-refractivity contribution in [2.24, 2.45) is 0 Å². The lowest BCUT2D eigenvalue weighted by Crippen LogP contribution is -2.13. The lowest BCUT2D eigenvalue weighted by molar-refractivity contribution is 0.438. The molecule has 104 valence electrons. The Bertz CT molecular complexity index is 717. The van der Waals surface area contributed by atoms with E-state index in [-0.39, 0.29) is 0 Å². The molecule has 0 atom stereocenters. The topological polar surface area (TPSA) is 53.9 Å². The number of hydrogen-bond acceptors (Lipinski definition) is 3. The molecule has 0 amide bonds. The molecule has 0 radical (unpaired) electrons. The summed E-state index contributed by atoms with van der Waals surface area (Å²) in [5, 5.41) is 5.11. The quantitative estimate of drug-likeness (QED) is 0.753. The van der Waals surface area contributed by atoms with Gasteiger partial charge in [0, 0.05) is 29.6 Å². The van der Waals surface area contributed by atoms with E-state index in [4.69, 9.17) is 16.0 Å². The first-order valence-electron chi connectivity index (χ1n) is 6.67. The fourth-order valence-electron chi connectivity index (χ4n) is 2.17. The Morgan fingerprint density at radius 3 is 2.90 bits per heavy atom. The minimum Gasteiger partial charge on any atom is -0.444 e. The third-order valence-electron chi connectivity index (χ3n) is 3.24. The molecular formula is C15H16ClN3O. The van der Waals surface area contributed by atoms with Crippen molar-refractivity contribution in [2.45, 2.75) is 26.4 Å². The van der Waals surface area contributed by atoms with E-state index in [1.54, 1.807) is 6.20 Å². The highest BCUT2D eigenvalue weighted by Gasteiger charge is 2.09. The summed E-state index contributed by atoms with van der Waals surface area (Å²) >= 11 is 6.36. The van der Waals surface area contributed by atoms with Crippen molar-refractivity contribution in [3.63, 3.8) is 0 Å². The monoisotopic (exact) mass is 289 g/mol. The van der Waals surface area contributed by atoms with Crippen molar-refractivity contribution in [3.05, 3.63) is 52.8 Å². The average Bonchev–Trinajstić information content (AvgIpc) is 3.05. The van der Waals surface area contributed by atoms with Gasteiger partial charge < -0.3 is 14.7 Å². The highest BCUT2D eigenvalue weighted by atomic mass is 35.5. The van der Waals surface area contributed by atoms with Crippen LogP contribution in [0.15, 0.2) is 34.9 Å². The molecule has 3 rings (SSSR count). The first-order chi connectivity index (χ1) is 9.78. The SMILES string of the molecule is CCc1cnc(CNCc2[nH]c3ccccc3c2Cl)o1. The van der Waals surface area contributed by atoms with Crippen LogP contribution in [0.3, 0.4) is 0 Å². The number of halogens is 1. The van der Waals surface area contributed by atoms with Gasteiger partial charge in [-0.2, -0.15) is 0 Å². The number of para-hydroxylation sites is 1. The number of benzene rings is 1. The second-order valence-electron chi connectivity index (χ2n) is 4.64. The van der Waals surface area contributed by atoms with Gasteiger partial charge in [-0.25, -0.2) is 4.98 Å². The maximum Gasteiger partial charge on any atom is 0.208 e. The molecule has 2 heterocycles. The third-order valence-corrected chi connectivity index (χ3v) is 3.67. The van der Waals surface area contributed by atoms with Gasteiger partial charge in [0.05, 0.1) is 17.8 Å². The molecule has 5 heteroatoms. The zero-order valence-corrected chi connectivity index (χ0v) is 12.0. The number of oxazole rings is 1. The number of fused-ring (bicyclic) bond motifs is 1. The summed E-state index contributed by atoms with van der Waals surface area (Å²) in [5.74, 6) is 1.61. The van der Waals surface area contributed by atoms with Crippen LogP contribution in [-0.4, -0.2) is 9.97 Å². The Morgan fingerprint density at radius 1 is 1.30 bits per heavy atom. The maximum absolute atomic E-state index is 6.36. The second-order valence-corrected chi connectivity index (χ2v) is 5.02. The van der Waals surface area contributed by atoms with Gasteiger partial charge >= 0.3 is 0 Å². The van der Waals surface area contributed by atoms with E-state index < -0.39 is 0 Å². The zero-order chi connectivity index (χ0) is 13.9. The molecule has 0 aliphatic carbocycles. The Morgan fingerprint density at radius 2 is 2.15 bits per heavy atom. The van der Waals surface area contributed by atoms with Crippen molar-refractivity contribution < 1.29 is 4.42 Å². The van der Waals surface area contributed by atoms with Crippen LogP contribution in [0.4, 0.5) is 0 Å². The lowest BCUT2D eigenvalue weighted by atomic mass is 10.2. The fourth-order valence-corrected chi connectivity index (χ4v) is 2.45. The highest BCUT2D eigenvalue weighted by Crippen LogP contribution is 2.26. The van der Waals surface area contributed by atoms with E-state index in [1.807, 2.05) is 31.2 Å². The van der Waals surface area contributed by atoms with Crippen LogP contribution in [0.5, 0.6) is 0 Å². The van der Waals surface area contributed by atoms with Crippen molar-refractivity contribution in [1.82, 2.24) is 15.3 Å². The first kappa shape index (κ1) is 13.2. The molecule has 2 N–H and O–H groups in total. The van der Waals surface area contributed by atoms with Crippen LogP contribution in [0.2, 0.25) is 5.02 Å². The van der Waals surface area contributed by atoms with Crippen LogP contribution < -0.4 is 5.32 Å². The Hall–Kier alpha value is -1.78. The summed E-state index contributed by atoms with van der Waals surface area (Å²) in [5.41, 5.74) is 2.04. The summed E-state index contributed by atoms with van der Waals surface area (Å²) in [7, 11) is 0. The average molecular weight is 290 g/mol. The summed E-state index contributed by atoms with van der Waals surface area (Å²) in [6.07, 6.45) is 2.63. The molecule has 0 bridgehead atoms. The smallest absolute Gasteiger partial charge is 0.208 e. The van der Waals surface area contributed by atoms with Gasteiger partial charge in [-0.1, -0.05) is 36.7 Å². The summed E-state index contributed by atoms with van der Waals surface area (Å²) in [4.78, 5) is 7.53. The van der Waals surface area contributed by atoms with Crippen LogP contribution in [0.1, 0.15) is 24.3 Å². The van der Waals surface area contributed by atoms with Crippen molar-refractivity contribution in [3.8, 4) is 0 Å². The molecule has 2 aromatic heterocycles. The number of aromatic nitrogens is 2. The van der Waals surface area contributed by atoms with Crippen molar-refractivity contribution in [2.75, 3.05) is 0 Å². The lowest BCUT2D eigenvalue weighted by Gasteiger charge is -2.00. The summed E-state index contributed by atoms with van der Waals surface area (Å²) < 4.78 is 5.54. The molecule has 1 aromatic carbocycles. The first-order valence-corrected chi connectivity index (χ1v) is 7.05. The van der Waals surface area contributed by atoms with Gasteiger partial charge in [0.15, 0.2) is 0 Å². The number of rotatable bonds is 5.